The molecule has 2 aromatic heterocycles. The Kier molecular flexibility index (Phi) is 5.86. The van der Waals surface area contributed by atoms with Gasteiger partial charge in [-0.05, 0) is 54.2 Å². The van der Waals surface area contributed by atoms with E-state index in [1.54, 1.807) is 12.5 Å². The number of amides is 1. The monoisotopic (exact) mass is 438 g/mol. The zero-order chi connectivity index (χ0) is 22.8. The molecule has 1 atom stereocenters. The summed E-state index contributed by atoms with van der Waals surface area (Å²) >= 11 is 0. The molecule has 1 unspecified atom stereocenters. The Bertz CT molecular complexity index is 1240. The lowest BCUT2D eigenvalue weighted by Crippen LogP contribution is -2.32. The Balaban J connectivity index is 1.51. The van der Waals surface area contributed by atoms with Crippen molar-refractivity contribution in [3.8, 4) is 16.9 Å². The van der Waals surface area contributed by atoms with E-state index in [4.69, 9.17) is 0 Å². The Morgan fingerprint density at radius 2 is 1.91 bits per heavy atom. The summed E-state index contributed by atoms with van der Waals surface area (Å²) in [4.78, 5) is 19.7. The Morgan fingerprint density at radius 1 is 1.06 bits per heavy atom. The van der Waals surface area contributed by atoms with Gasteiger partial charge in [0.15, 0.2) is 0 Å². The van der Waals surface area contributed by atoms with Crippen molar-refractivity contribution in [1.29, 1.82) is 0 Å². The van der Waals surface area contributed by atoms with Gasteiger partial charge in [-0.25, -0.2) is 4.98 Å². The lowest BCUT2D eigenvalue weighted by Gasteiger charge is -2.30. The highest BCUT2D eigenvalue weighted by Crippen LogP contribution is 2.38. The van der Waals surface area contributed by atoms with Crippen LogP contribution >= 0.6 is 0 Å². The number of hydrogen-bond acceptors (Lipinski definition) is 2. The highest BCUT2D eigenvalue weighted by Gasteiger charge is 2.29. The van der Waals surface area contributed by atoms with E-state index in [1.807, 2.05) is 47.0 Å². The summed E-state index contributed by atoms with van der Waals surface area (Å²) in [5.74, 6) is 0.0543. The first-order valence-corrected chi connectivity index (χ1v) is 11.7. The van der Waals surface area contributed by atoms with Gasteiger partial charge in [-0.1, -0.05) is 49.2 Å². The van der Waals surface area contributed by atoms with Crippen molar-refractivity contribution in [2.45, 2.75) is 38.1 Å². The number of rotatable bonds is 4. The Morgan fingerprint density at radius 3 is 2.70 bits per heavy atom. The largest absolute Gasteiger partial charge is 0.350 e. The molecule has 0 saturated carbocycles. The molecule has 2 heterocycles. The van der Waals surface area contributed by atoms with Crippen molar-refractivity contribution in [2.24, 2.45) is 7.05 Å². The van der Waals surface area contributed by atoms with Crippen LogP contribution in [0.3, 0.4) is 0 Å². The number of benzene rings is 2. The summed E-state index contributed by atoms with van der Waals surface area (Å²) in [7, 11) is 4.08. The number of nitrogens with zero attached hydrogens (tertiary/aromatic N) is 4. The highest BCUT2D eigenvalue weighted by molar-refractivity contribution is 5.95. The predicted molar refractivity (Wildman–Crippen MR) is 131 cm³/mol. The van der Waals surface area contributed by atoms with Crippen molar-refractivity contribution in [3.05, 3.63) is 96.2 Å². The number of imidazole rings is 1. The van der Waals surface area contributed by atoms with Gasteiger partial charge < -0.3 is 14.0 Å². The number of aromatic nitrogens is 3. The normalized spacial score (nSPS) is 16.0. The molecular weight excluding hydrogens is 408 g/mol. The van der Waals surface area contributed by atoms with Crippen LogP contribution in [0.5, 0.6) is 0 Å². The Labute approximate surface area is 195 Å². The first-order chi connectivity index (χ1) is 16.1. The highest BCUT2D eigenvalue weighted by atomic mass is 16.2. The average Bonchev–Trinajstić information content (AvgIpc) is 3.48. The number of aryl methyl sites for hydroxylation is 1. The van der Waals surface area contributed by atoms with Crippen molar-refractivity contribution in [2.75, 3.05) is 7.05 Å². The molecule has 0 radical (unpaired) electrons. The SMILES string of the molecule is CN(C(=O)c1cccc(-n2ccnc2)c1)C1CCCCCc2c1cn(C)c2-c1ccccc1. The summed E-state index contributed by atoms with van der Waals surface area (Å²) < 4.78 is 4.17. The lowest BCUT2D eigenvalue weighted by atomic mass is 9.89. The minimum absolute atomic E-state index is 0.0543. The van der Waals surface area contributed by atoms with Gasteiger partial charge in [0.05, 0.1) is 18.1 Å². The number of fused-ring (bicyclic) bond motifs is 1. The molecule has 168 valence electrons. The van der Waals surface area contributed by atoms with Crippen LogP contribution in [-0.4, -0.2) is 32.0 Å². The van der Waals surface area contributed by atoms with E-state index in [0.29, 0.717) is 5.56 Å². The molecule has 0 saturated heterocycles. The van der Waals surface area contributed by atoms with Gasteiger partial charge in [-0.15, -0.1) is 0 Å². The summed E-state index contributed by atoms with van der Waals surface area (Å²) in [5.41, 5.74) is 6.84. The summed E-state index contributed by atoms with van der Waals surface area (Å²) in [6, 6.07) is 18.5. The molecule has 5 rings (SSSR count). The lowest BCUT2D eigenvalue weighted by molar-refractivity contribution is 0.0718. The maximum absolute atomic E-state index is 13.6. The first-order valence-electron chi connectivity index (χ1n) is 11.7. The van der Waals surface area contributed by atoms with E-state index < -0.39 is 0 Å². The molecule has 33 heavy (non-hydrogen) atoms. The van der Waals surface area contributed by atoms with E-state index in [9.17, 15) is 4.79 Å². The zero-order valence-electron chi connectivity index (χ0n) is 19.3. The molecule has 1 aliphatic carbocycles. The van der Waals surface area contributed by atoms with E-state index in [-0.39, 0.29) is 11.9 Å². The van der Waals surface area contributed by atoms with E-state index in [2.05, 4.69) is 53.1 Å². The number of carbonyl (C=O) groups is 1. The van der Waals surface area contributed by atoms with Crippen LogP contribution in [-0.2, 0) is 13.5 Å². The third-order valence-electron chi connectivity index (χ3n) is 6.81. The van der Waals surface area contributed by atoms with Crippen LogP contribution in [0.4, 0.5) is 0 Å². The second-order valence-corrected chi connectivity index (χ2v) is 8.94. The fourth-order valence-corrected chi connectivity index (χ4v) is 5.16. The molecule has 1 aliphatic rings. The molecule has 5 nitrogen and oxygen atoms in total. The third-order valence-corrected chi connectivity index (χ3v) is 6.81. The molecule has 2 aromatic carbocycles. The molecule has 0 bridgehead atoms. The fourth-order valence-electron chi connectivity index (χ4n) is 5.16. The molecule has 4 aromatic rings. The van der Waals surface area contributed by atoms with Crippen LogP contribution in [0.1, 0.15) is 53.2 Å². The number of carbonyl (C=O) groups excluding carboxylic acids is 1. The molecule has 0 spiro atoms. The molecular formula is C28H30N4O. The number of hydrogen-bond donors (Lipinski definition) is 0. The van der Waals surface area contributed by atoms with Gasteiger partial charge >= 0.3 is 0 Å². The van der Waals surface area contributed by atoms with Gasteiger partial charge in [-0.2, -0.15) is 0 Å². The summed E-state index contributed by atoms with van der Waals surface area (Å²) in [6.07, 6.45) is 13.2. The van der Waals surface area contributed by atoms with Crippen LogP contribution < -0.4 is 0 Å². The van der Waals surface area contributed by atoms with E-state index >= 15 is 0 Å². The van der Waals surface area contributed by atoms with E-state index in [1.165, 1.54) is 35.2 Å². The zero-order valence-corrected chi connectivity index (χ0v) is 19.3. The van der Waals surface area contributed by atoms with Crippen LogP contribution in [0.25, 0.3) is 16.9 Å². The second-order valence-electron chi connectivity index (χ2n) is 8.94. The summed E-state index contributed by atoms with van der Waals surface area (Å²) in [5, 5.41) is 0. The van der Waals surface area contributed by atoms with Crippen LogP contribution in [0.15, 0.2) is 79.5 Å². The molecule has 0 fully saturated rings. The smallest absolute Gasteiger partial charge is 0.254 e. The fraction of sp³-hybridized carbons (Fsp3) is 0.286. The topological polar surface area (TPSA) is 43.1 Å². The molecule has 0 N–H and O–H groups in total. The van der Waals surface area contributed by atoms with Gasteiger partial charge in [0.2, 0.25) is 0 Å². The molecule has 5 heteroatoms. The summed E-state index contributed by atoms with van der Waals surface area (Å²) in [6.45, 7) is 0. The molecule has 1 amide bonds. The predicted octanol–water partition coefficient (Wildman–Crippen LogP) is 5.81. The minimum Gasteiger partial charge on any atom is -0.350 e. The third kappa shape index (κ3) is 4.11. The quantitative estimate of drug-likeness (QED) is 0.404. The average molecular weight is 439 g/mol. The van der Waals surface area contributed by atoms with Gasteiger partial charge in [-0.3, -0.25) is 4.79 Å². The van der Waals surface area contributed by atoms with Gasteiger partial charge in [0.25, 0.3) is 5.91 Å². The van der Waals surface area contributed by atoms with Crippen molar-refractivity contribution in [1.82, 2.24) is 19.0 Å². The molecule has 0 aliphatic heterocycles. The minimum atomic E-state index is 0.0543. The van der Waals surface area contributed by atoms with E-state index in [0.717, 1.165) is 24.9 Å². The van der Waals surface area contributed by atoms with Gasteiger partial charge in [0.1, 0.15) is 0 Å². The van der Waals surface area contributed by atoms with Crippen molar-refractivity contribution >= 4 is 5.91 Å². The van der Waals surface area contributed by atoms with Gasteiger partial charge in [0, 0.05) is 43.9 Å². The maximum Gasteiger partial charge on any atom is 0.254 e. The van der Waals surface area contributed by atoms with Crippen LogP contribution in [0, 0.1) is 0 Å². The first kappa shape index (κ1) is 21.3. The Hall–Kier alpha value is -3.60. The van der Waals surface area contributed by atoms with Crippen molar-refractivity contribution in [3.63, 3.8) is 0 Å². The van der Waals surface area contributed by atoms with Crippen molar-refractivity contribution < 1.29 is 4.79 Å². The standard InChI is InChI=1S/C28H30N4O/c1-30-19-25-24(27(30)21-10-5-3-6-11-21)14-7-4-8-15-26(25)31(2)28(33)22-12-9-13-23(18-22)32-17-16-29-20-32/h3,5-6,9-13,16-20,26H,4,7-8,14-15H2,1-2H3. The maximum atomic E-state index is 13.6. The second kappa shape index (κ2) is 9.10. The van der Waals surface area contributed by atoms with Crippen LogP contribution in [0.2, 0.25) is 0 Å².